The summed E-state index contributed by atoms with van der Waals surface area (Å²) in [5, 5.41) is 0. The van der Waals surface area contributed by atoms with Gasteiger partial charge in [0.25, 0.3) is 0 Å². The first kappa shape index (κ1) is 16.9. The van der Waals surface area contributed by atoms with Gasteiger partial charge in [0, 0.05) is 13.1 Å². The maximum absolute atomic E-state index is 5.46. The minimum absolute atomic E-state index is 1.02. The molecule has 0 spiro atoms. The summed E-state index contributed by atoms with van der Waals surface area (Å²) < 4.78 is 0. The standard InChI is InChI=1S/C15H31NS/c1-4-7-9-11-13-16(15(17)6-3)14-12-10-8-5-2/h4-14H2,1-3H3. The van der Waals surface area contributed by atoms with E-state index in [9.17, 15) is 0 Å². The smallest absolute Gasteiger partial charge is 0.0776 e. The van der Waals surface area contributed by atoms with Crippen LogP contribution in [0.5, 0.6) is 0 Å². The van der Waals surface area contributed by atoms with Crippen molar-refractivity contribution in [1.29, 1.82) is 0 Å². The highest BCUT2D eigenvalue weighted by atomic mass is 32.1. The van der Waals surface area contributed by atoms with E-state index in [0.717, 1.165) is 11.4 Å². The van der Waals surface area contributed by atoms with Crippen LogP contribution < -0.4 is 0 Å². The Morgan fingerprint density at radius 3 is 1.59 bits per heavy atom. The lowest BCUT2D eigenvalue weighted by Gasteiger charge is -2.24. The summed E-state index contributed by atoms with van der Waals surface area (Å²) >= 11 is 5.46. The lowest BCUT2D eigenvalue weighted by molar-refractivity contribution is 0.387. The summed E-state index contributed by atoms with van der Waals surface area (Å²) in [6, 6.07) is 0. The van der Waals surface area contributed by atoms with Gasteiger partial charge in [-0.05, 0) is 19.3 Å². The quantitative estimate of drug-likeness (QED) is 0.370. The minimum Gasteiger partial charge on any atom is -0.366 e. The zero-order valence-electron chi connectivity index (χ0n) is 12.1. The van der Waals surface area contributed by atoms with Crippen LogP contribution in [0, 0.1) is 0 Å². The van der Waals surface area contributed by atoms with Gasteiger partial charge >= 0.3 is 0 Å². The lowest BCUT2D eigenvalue weighted by atomic mass is 10.1. The molecule has 0 aliphatic heterocycles. The van der Waals surface area contributed by atoms with Crippen LogP contribution in [0.2, 0.25) is 0 Å². The molecular weight excluding hydrogens is 226 g/mol. The van der Waals surface area contributed by atoms with Crippen molar-refractivity contribution in [1.82, 2.24) is 4.90 Å². The fourth-order valence-electron chi connectivity index (χ4n) is 2.04. The molecule has 1 nitrogen and oxygen atoms in total. The first-order valence-corrected chi connectivity index (χ1v) is 7.94. The molecule has 2 heteroatoms. The van der Waals surface area contributed by atoms with Crippen LogP contribution >= 0.6 is 12.2 Å². The van der Waals surface area contributed by atoms with Crippen molar-refractivity contribution >= 4 is 17.2 Å². The predicted octanol–water partition coefficient (Wildman–Crippen LogP) is 5.19. The molecule has 0 N–H and O–H groups in total. The molecule has 0 radical (unpaired) electrons. The fourth-order valence-corrected chi connectivity index (χ4v) is 2.23. The molecule has 17 heavy (non-hydrogen) atoms. The second-order valence-electron chi connectivity index (χ2n) is 4.86. The zero-order valence-corrected chi connectivity index (χ0v) is 13.0. The average Bonchev–Trinajstić information content (AvgIpc) is 2.36. The lowest BCUT2D eigenvalue weighted by Crippen LogP contribution is -2.31. The van der Waals surface area contributed by atoms with E-state index < -0.39 is 0 Å². The van der Waals surface area contributed by atoms with Gasteiger partial charge in [0.1, 0.15) is 0 Å². The average molecular weight is 257 g/mol. The molecule has 0 aliphatic carbocycles. The van der Waals surface area contributed by atoms with Crippen molar-refractivity contribution in [3.8, 4) is 0 Å². The van der Waals surface area contributed by atoms with Crippen molar-refractivity contribution in [2.24, 2.45) is 0 Å². The van der Waals surface area contributed by atoms with Gasteiger partial charge in [-0.15, -0.1) is 0 Å². The summed E-state index contributed by atoms with van der Waals surface area (Å²) in [6.07, 6.45) is 11.7. The Morgan fingerprint density at radius 1 is 0.765 bits per heavy atom. The summed E-state index contributed by atoms with van der Waals surface area (Å²) in [7, 11) is 0. The monoisotopic (exact) mass is 257 g/mol. The molecule has 102 valence electrons. The zero-order chi connectivity index (χ0) is 12.9. The molecule has 0 bridgehead atoms. The highest BCUT2D eigenvalue weighted by molar-refractivity contribution is 7.80. The highest BCUT2D eigenvalue weighted by Crippen LogP contribution is 2.07. The van der Waals surface area contributed by atoms with Crippen LogP contribution in [0.3, 0.4) is 0 Å². The largest absolute Gasteiger partial charge is 0.366 e. The second kappa shape index (κ2) is 12.3. The second-order valence-corrected chi connectivity index (χ2v) is 5.33. The van der Waals surface area contributed by atoms with Gasteiger partial charge < -0.3 is 4.90 Å². The number of thiocarbonyl (C=S) groups is 1. The summed E-state index contributed by atoms with van der Waals surface area (Å²) in [5.74, 6) is 0. The van der Waals surface area contributed by atoms with Gasteiger partial charge in [0.05, 0.1) is 4.99 Å². The van der Waals surface area contributed by atoms with E-state index in [-0.39, 0.29) is 0 Å². The first-order valence-electron chi connectivity index (χ1n) is 7.54. The van der Waals surface area contributed by atoms with Gasteiger partial charge in [-0.25, -0.2) is 0 Å². The molecule has 0 amide bonds. The Balaban J connectivity index is 3.76. The Kier molecular flexibility index (Phi) is 12.3. The number of nitrogens with zero attached hydrogens (tertiary/aromatic N) is 1. The first-order chi connectivity index (χ1) is 8.26. The third-order valence-electron chi connectivity index (χ3n) is 3.22. The molecular formula is C15H31NS. The van der Waals surface area contributed by atoms with E-state index in [4.69, 9.17) is 12.2 Å². The number of hydrogen-bond acceptors (Lipinski definition) is 1. The van der Waals surface area contributed by atoms with Crippen molar-refractivity contribution in [3.63, 3.8) is 0 Å². The van der Waals surface area contributed by atoms with Gasteiger partial charge in [-0.1, -0.05) is 71.5 Å². The van der Waals surface area contributed by atoms with Crippen LogP contribution in [0.15, 0.2) is 0 Å². The molecule has 0 heterocycles. The van der Waals surface area contributed by atoms with E-state index in [1.165, 1.54) is 64.5 Å². The Bertz CT molecular complexity index is 168. The summed E-state index contributed by atoms with van der Waals surface area (Å²) in [5.41, 5.74) is 0. The molecule has 0 aromatic rings. The predicted molar refractivity (Wildman–Crippen MR) is 82.7 cm³/mol. The van der Waals surface area contributed by atoms with Crippen molar-refractivity contribution in [2.45, 2.75) is 78.6 Å². The molecule has 0 saturated carbocycles. The maximum atomic E-state index is 5.46. The third-order valence-corrected chi connectivity index (χ3v) is 3.77. The highest BCUT2D eigenvalue weighted by Gasteiger charge is 2.06. The molecule has 0 saturated heterocycles. The van der Waals surface area contributed by atoms with E-state index >= 15 is 0 Å². The maximum Gasteiger partial charge on any atom is 0.0776 e. The van der Waals surface area contributed by atoms with Gasteiger partial charge in [0.2, 0.25) is 0 Å². The Morgan fingerprint density at radius 2 is 1.24 bits per heavy atom. The van der Waals surface area contributed by atoms with E-state index in [2.05, 4.69) is 25.7 Å². The van der Waals surface area contributed by atoms with Crippen LogP contribution in [-0.4, -0.2) is 23.0 Å². The topological polar surface area (TPSA) is 3.24 Å². The van der Waals surface area contributed by atoms with Crippen LogP contribution in [0.1, 0.15) is 78.6 Å². The minimum atomic E-state index is 1.02. The normalized spacial score (nSPS) is 10.5. The van der Waals surface area contributed by atoms with Gasteiger partial charge in [0.15, 0.2) is 0 Å². The van der Waals surface area contributed by atoms with E-state index in [0.29, 0.717) is 0 Å². The summed E-state index contributed by atoms with van der Waals surface area (Å²) in [6.45, 7) is 9.06. The number of rotatable bonds is 11. The number of hydrogen-bond donors (Lipinski definition) is 0. The molecule has 0 unspecified atom stereocenters. The molecule has 0 aliphatic rings. The molecule has 0 aromatic carbocycles. The fraction of sp³-hybridized carbons (Fsp3) is 0.933. The molecule has 0 fully saturated rings. The SMILES string of the molecule is CCCCCCN(CCCCCC)C(=S)CC. The van der Waals surface area contributed by atoms with E-state index in [1.54, 1.807) is 0 Å². The molecule has 0 rings (SSSR count). The Labute approximate surface area is 114 Å². The molecule has 0 aromatic heterocycles. The Hall–Kier alpha value is -0.110. The van der Waals surface area contributed by atoms with Crippen molar-refractivity contribution in [2.75, 3.05) is 13.1 Å². The van der Waals surface area contributed by atoms with Crippen LogP contribution in [0.4, 0.5) is 0 Å². The van der Waals surface area contributed by atoms with Crippen molar-refractivity contribution in [3.05, 3.63) is 0 Å². The third kappa shape index (κ3) is 9.58. The molecule has 0 atom stereocenters. The van der Waals surface area contributed by atoms with Crippen LogP contribution in [0.25, 0.3) is 0 Å². The van der Waals surface area contributed by atoms with Gasteiger partial charge in [-0.2, -0.15) is 0 Å². The van der Waals surface area contributed by atoms with Crippen LogP contribution in [-0.2, 0) is 0 Å². The summed E-state index contributed by atoms with van der Waals surface area (Å²) in [4.78, 5) is 3.61. The van der Waals surface area contributed by atoms with Gasteiger partial charge in [-0.3, -0.25) is 0 Å². The number of unbranched alkanes of at least 4 members (excludes halogenated alkanes) is 6. The van der Waals surface area contributed by atoms with E-state index in [1.807, 2.05) is 0 Å². The van der Waals surface area contributed by atoms with Crippen molar-refractivity contribution < 1.29 is 0 Å².